The van der Waals surface area contributed by atoms with Gasteiger partial charge in [0, 0.05) is 32.1 Å². The summed E-state index contributed by atoms with van der Waals surface area (Å²) in [7, 11) is 1.91. The summed E-state index contributed by atoms with van der Waals surface area (Å²) in [4.78, 5) is 16.5. The molecule has 2 fully saturated rings. The maximum Gasteiger partial charge on any atom is 0.225 e. The van der Waals surface area contributed by atoms with E-state index in [1.807, 2.05) is 11.9 Å². The molecule has 5 heteroatoms. The predicted molar refractivity (Wildman–Crippen MR) is 84.8 cm³/mol. The topological polar surface area (TPSA) is 23.6 Å². The van der Waals surface area contributed by atoms with Crippen LogP contribution in [0.25, 0.3) is 0 Å². The van der Waals surface area contributed by atoms with Crippen molar-refractivity contribution in [1.29, 1.82) is 0 Å². The molecule has 3 nitrogen and oxygen atoms in total. The van der Waals surface area contributed by atoms with E-state index in [0.717, 1.165) is 50.8 Å². The van der Waals surface area contributed by atoms with Crippen LogP contribution in [0.1, 0.15) is 37.7 Å². The molecule has 23 heavy (non-hydrogen) atoms. The number of nitrogens with zero attached hydrogens (tertiary/aromatic N) is 2. The first-order chi connectivity index (χ1) is 11.0. The standard InChI is InChI=1S/C18H24F2N2O/c1-21(18(23)14-4-2-5-14)15-6-3-9-22(12-15)11-13-7-8-16(19)17(20)10-13/h7-8,10,14-15H,2-6,9,11-12H2,1H3. The molecule has 1 atom stereocenters. The van der Waals surface area contributed by atoms with Crippen LogP contribution in [0.4, 0.5) is 8.78 Å². The third-order valence-electron chi connectivity index (χ3n) is 5.22. The highest BCUT2D eigenvalue weighted by atomic mass is 19.2. The number of carbonyl (C=O) groups is 1. The maximum absolute atomic E-state index is 13.3. The molecular formula is C18H24F2N2O. The van der Waals surface area contributed by atoms with Gasteiger partial charge < -0.3 is 4.90 Å². The molecule has 1 unspecified atom stereocenters. The molecule has 1 aromatic rings. The second kappa shape index (κ2) is 6.95. The van der Waals surface area contributed by atoms with Crippen molar-refractivity contribution in [3.63, 3.8) is 0 Å². The number of rotatable bonds is 4. The molecule has 0 aromatic heterocycles. The van der Waals surface area contributed by atoms with Crippen LogP contribution in [0, 0.1) is 17.6 Å². The van der Waals surface area contributed by atoms with Crippen LogP contribution in [0.2, 0.25) is 0 Å². The van der Waals surface area contributed by atoms with Crippen molar-refractivity contribution in [2.45, 2.75) is 44.7 Å². The average Bonchev–Trinajstić information content (AvgIpc) is 2.49. The van der Waals surface area contributed by atoms with Crippen LogP contribution in [-0.2, 0) is 11.3 Å². The van der Waals surface area contributed by atoms with Gasteiger partial charge in [-0.3, -0.25) is 9.69 Å². The Bertz CT molecular complexity index is 574. The summed E-state index contributed by atoms with van der Waals surface area (Å²) in [6.07, 6.45) is 5.25. The molecule has 3 rings (SSSR count). The van der Waals surface area contributed by atoms with E-state index in [1.54, 1.807) is 6.07 Å². The molecule has 126 valence electrons. The Labute approximate surface area is 136 Å². The molecule has 1 saturated heterocycles. The van der Waals surface area contributed by atoms with Gasteiger partial charge in [-0.15, -0.1) is 0 Å². The Morgan fingerprint density at radius 1 is 1.22 bits per heavy atom. The lowest BCUT2D eigenvalue weighted by Gasteiger charge is -2.40. The number of halogens is 2. The van der Waals surface area contributed by atoms with Gasteiger partial charge in [0.2, 0.25) is 5.91 Å². The Kier molecular flexibility index (Phi) is 4.95. The van der Waals surface area contributed by atoms with E-state index < -0.39 is 11.6 Å². The second-order valence-corrected chi connectivity index (χ2v) is 6.86. The van der Waals surface area contributed by atoms with Crippen LogP contribution in [0.3, 0.4) is 0 Å². The summed E-state index contributed by atoms with van der Waals surface area (Å²) in [6.45, 7) is 2.33. The van der Waals surface area contributed by atoms with Crippen LogP contribution in [-0.4, -0.2) is 41.9 Å². The number of hydrogen-bond acceptors (Lipinski definition) is 2. The highest BCUT2D eigenvalue weighted by molar-refractivity contribution is 5.79. The average molecular weight is 322 g/mol. The maximum atomic E-state index is 13.3. The van der Waals surface area contributed by atoms with Gasteiger partial charge in [0.15, 0.2) is 11.6 Å². The molecular weight excluding hydrogens is 298 g/mol. The summed E-state index contributed by atoms with van der Waals surface area (Å²) >= 11 is 0. The lowest BCUT2D eigenvalue weighted by Crippen LogP contribution is -2.50. The van der Waals surface area contributed by atoms with E-state index in [-0.39, 0.29) is 17.9 Å². The Balaban J connectivity index is 1.59. The Morgan fingerprint density at radius 3 is 2.65 bits per heavy atom. The Hall–Kier alpha value is -1.49. The first kappa shape index (κ1) is 16.4. The molecule has 1 amide bonds. The minimum absolute atomic E-state index is 0.224. The van der Waals surface area contributed by atoms with Crippen molar-refractivity contribution < 1.29 is 13.6 Å². The van der Waals surface area contributed by atoms with Gasteiger partial charge in [-0.1, -0.05) is 12.5 Å². The molecule has 1 saturated carbocycles. The van der Waals surface area contributed by atoms with E-state index in [4.69, 9.17) is 0 Å². The first-order valence-electron chi connectivity index (χ1n) is 8.47. The molecule has 1 aliphatic heterocycles. The summed E-state index contributed by atoms with van der Waals surface area (Å²) in [5, 5.41) is 0. The predicted octanol–water partition coefficient (Wildman–Crippen LogP) is 3.19. The zero-order valence-corrected chi connectivity index (χ0v) is 13.6. The van der Waals surface area contributed by atoms with Crippen LogP contribution < -0.4 is 0 Å². The monoisotopic (exact) mass is 322 g/mol. The normalized spacial score (nSPS) is 22.7. The van der Waals surface area contributed by atoms with E-state index in [2.05, 4.69) is 4.90 Å². The van der Waals surface area contributed by atoms with Gasteiger partial charge in [0.25, 0.3) is 0 Å². The minimum Gasteiger partial charge on any atom is -0.341 e. The fourth-order valence-electron chi connectivity index (χ4n) is 3.51. The van der Waals surface area contributed by atoms with Gasteiger partial charge in [0.05, 0.1) is 0 Å². The Morgan fingerprint density at radius 2 is 2.00 bits per heavy atom. The van der Waals surface area contributed by atoms with Gasteiger partial charge >= 0.3 is 0 Å². The zero-order chi connectivity index (χ0) is 16.4. The minimum atomic E-state index is -0.809. The fourth-order valence-corrected chi connectivity index (χ4v) is 3.51. The van der Waals surface area contributed by atoms with E-state index in [0.29, 0.717) is 6.54 Å². The van der Waals surface area contributed by atoms with Gasteiger partial charge in [-0.2, -0.15) is 0 Å². The number of likely N-dealkylation sites (tertiary alicyclic amines) is 1. The number of likely N-dealkylation sites (N-methyl/N-ethyl adjacent to an activating group) is 1. The fraction of sp³-hybridized carbons (Fsp3) is 0.611. The molecule has 1 heterocycles. The second-order valence-electron chi connectivity index (χ2n) is 6.86. The third kappa shape index (κ3) is 3.71. The molecule has 0 bridgehead atoms. The zero-order valence-electron chi connectivity index (χ0n) is 13.6. The van der Waals surface area contributed by atoms with E-state index in [9.17, 15) is 13.6 Å². The number of piperidine rings is 1. The van der Waals surface area contributed by atoms with Crippen molar-refractivity contribution in [3.05, 3.63) is 35.4 Å². The summed E-state index contributed by atoms with van der Waals surface area (Å²) in [5.41, 5.74) is 0.775. The van der Waals surface area contributed by atoms with Crippen LogP contribution in [0.15, 0.2) is 18.2 Å². The molecule has 0 N–H and O–H groups in total. The highest BCUT2D eigenvalue weighted by Gasteiger charge is 2.32. The van der Waals surface area contributed by atoms with Crippen LogP contribution in [0.5, 0.6) is 0 Å². The van der Waals surface area contributed by atoms with Gasteiger partial charge in [-0.25, -0.2) is 8.78 Å². The number of benzene rings is 1. The van der Waals surface area contributed by atoms with E-state index >= 15 is 0 Å². The summed E-state index contributed by atoms with van der Waals surface area (Å²) in [5.74, 6) is -1.11. The van der Waals surface area contributed by atoms with E-state index in [1.165, 1.54) is 12.1 Å². The summed E-state index contributed by atoms with van der Waals surface area (Å²) in [6, 6.07) is 4.30. The van der Waals surface area contributed by atoms with Gasteiger partial charge in [0.1, 0.15) is 0 Å². The number of hydrogen-bond donors (Lipinski definition) is 0. The number of carbonyl (C=O) groups excluding carboxylic acids is 1. The largest absolute Gasteiger partial charge is 0.341 e. The smallest absolute Gasteiger partial charge is 0.225 e. The quantitative estimate of drug-likeness (QED) is 0.850. The molecule has 1 aliphatic carbocycles. The lowest BCUT2D eigenvalue weighted by molar-refractivity contribution is -0.140. The molecule has 2 aliphatic rings. The van der Waals surface area contributed by atoms with Gasteiger partial charge in [-0.05, 0) is 49.9 Å². The highest BCUT2D eigenvalue weighted by Crippen LogP contribution is 2.29. The first-order valence-corrected chi connectivity index (χ1v) is 8.47. The molecule has 0 radical (unpaired) electrons. The summed E-state index contributed by atoms with van der Waals surface area (Å²) < 4.78 is 26.3. The van der Waals surface area contributed by atoms with Crippen molar-refractivity contribution >= 4 is 5.91 Å². The van der Waals surface area contributed by atoms with Crippen molar-refractivity contribution in [2.75, 3.05) is 20.1 Å². The molecule has 0 spiro atoms. The van der Waals surface area contributed by atoms with Crippen molar-refractivity contribution in [3.8, 4) is 0 Å². The SMILES string of the molecule is CN(C(=O)C1CCC1)C1CCCN(Cc2ccc(F)c(F)c2)C1. The van der Waals surface area contributed by atoms with Crippen molar-refractivity contribution in [2.24, 2.45) is 5.92 Å². The number of amides is 1. The molecule has 1 aromatic carbocycles. The third-order valence-corrected chi connectivity index (χ3v) is 5.22. The lowest BCUT2D eigenvalue weighted by atomic mass is 9.84. The van der Waals surface area contributed by atoms with Crippen molar-refractivity contribution in [1.82, 2.24) is 9.80 Å². The van der Waals surface area contributed by atoms with Crippen LogP contribution >= 0.6 is 0 Å².